The Morgan fingerprint density at radius 3 is 2.69 bits per heavy atom. The number of hydrogen-bond donors (Lipinski definition) is 0. The maximum atomic E-state index is 11.9. The van der Waals surface area contributed by atoms with Crippen LogP contribution in [0.3, 0.4) is 0 Å². The first-order chi connectivity index (χ1) is 15.3. The van der Waals surface area contributed by atoms with Crippen molar-refractivity contribution in [3.63, 3.8) is 0 Å². The van der Waals surface area contributed by atoms with Crippen molar-refractivity contribution in [1.82, 2.24) is 34.1 Å². The molecule has 5 rings (SSSR count). The Labute approximate surface area is 184 Å². The van der Waals surface area contributed by atoms with E-state index in [9.17, 15) is 13.7 Å². The Morgan fingerprint density at radius 2 is 2.00 bits per heavy atom. The van der Waals surface area contributed by atoms with E-state index >= 15 is 0 Å². The van der Waals surface area contributed by atoms with Gasteiger partial charge in [-0.3, -0.25) is 9.67 Å². The van der Waals surface area contributed by atoms with Crippen LogP contribution < -0.4 is 0 Å². The Balaban J connectivity index is 1.60. The van der Waals surface area contributed by atoms with Gasteiger partial charge < -0.3 is 0 Å². The van der Waals surface area contributed by atoms with Gasteiger partial charge in [-0.15, -0.1) is 0 Å². The quantitative estimate of drug-likeness (QED) is 0.456. The molecule has 10 nitrogen and oxygen atoms in total. The van der Waals surface area contributed by atoms with Gasteiger partial charge in [0.1, 0.15) is 11.2 Å². The molecule has 1 aromatic carbocycles. The summed E-state index contributed by atoms with van der Waals surface area (Å²) in [5.41, 5.74) is 3.40. The van der Waals surface area contributed by atoms with E-state index < -0.39 is 15.6 Å². The number of sulfonamides is 1. The predicted octanol–water partition coefficient (Wildman–Crippen LogP) is 1.78. The molecule has 1 aliphatic heterocycles. The zero-order valence-corrected chi connectivity index (χ0v) is 18.4. The largest absolute Gasteiger partial charge is 0.268 e. The van der Waals surface area contributed by atoms with Crippen LogP contribution in [0.5, 0.6) is 0 Å². The molecule has 0 saturated carbocycles. The van der Waals surface area contributed by atoms with E-state index in [0.717, 1.165) is 34.0 Å². The van der Waals surface area contributed by atoms with Gasteiger partial charge in [-0.25, -0.2) is 8.42 Å². The highest BCUT2D eigenvalue weighted by Crippen LogP contribution is 2.36. The van der Waals surface area contributed by atoms with E-state index in [1.807, 2.05) is 37.4 Å². The molecule has 0 N–H and O–H groups in total. The number of nitrogens with zero attached hydrogens (tertiary/aromatic N) is 8. The van der Waals surface area contributed by atoms with E-state index in [1.165, 1.54) is 9.10 Å². The second-order valence-corrected chi connectivity index (χ2v) is 10.0. The van der Waals surface area contributed by atoms with E-state index in [4.69, 9.17) is 0 Å². The first-order valence-electron chi connectivity index (χ1n) is 9.93. The van der Waals surface area contributed by atoms with Crippen molar-refractivity contribution in [3.05, 3.63) is 48.9 Å². The number of rotatable bonds is 5. The number of fused-ring (bicyclic) bond motifs is 1. The Bertz CT molecular complexity index is 1470. The van der Waals surface area contributed by atoms with Crippen molar-refractivity contribution < 1.29 is 8.42 Å². The minimum Gasteiger partial charge on any atom is -0.268 e. The van der Waals surface area contributed by atoms with Gasteiger partial charge in [0, 0.05) is 49.0 Å². The smallest absolute Gasteiger partial charge is 0.211 e. The SMILES string of the molecule is Cn1nccc1-c1cc(-c2cnn(C3(CC#N)CN(S(C)(=O)=O)C3)n2)c2cccnc2c1. The zero-order chi connectivity index (χ0) is 22.5. The highest BCUT2D eigenvalue weighted by molar-refractivity contribution is 7.88. The molecular weight excluding hydrogens is 428 g/mol. The summed E-state index contributed by atoms with van der Waals surface area (Å²) in [6.07, 6.45) is 6.41. The van der Waals surface area contributed by atoms with Crippen LogP contribution >= 0.6 is 0 Å². The fraction of sp³-hybridized carbons (Fsp3) is 0.286. The fourth-order valence-corrected chi connectivity index (χ4v) is 5.06. The standard InChI is InChI=1S/C21H20N8O2S/c1-27-20(5-9-24-27)15-10-17(16-4-3-8-23-18(16)11-15)19-12-25-29(26-19)21(6-7-22)13-28(14-21)32(2,30)31/h3-5,8-12H,6,13-14H2,1-2H3. The van der Waals surface area contributed by atoms with Crippen LogP contribution in [0.1, 0.15) is 6.42 Å². The lowest BCUT2D eigenvalue weighted by Crippen LogP contribution is -2.64. The molecule has 11 heteroatoms. The first kappa shape index (κ1) is 20.3. The van der Waals surface area contributed by atoms with Gasteiger partial charge in [0.05, 0.1) is 36.2 Å². The Hall–Kier alpha value is -3.62. The van der Waals surface area contributed by atoms with Crippen LogP contribution in [0.25, 0.3) is 33.4 Å². The number of aromatic nitrogens is 6. The lowest BCUT2D eigenvalue weighted by Gasteiger charge is -2.46. The number of pyridine rings is 1. The van der Waals surface area contributed by atoms with Crippen molar-refractivity contribution in [3.8, 4) is 28.6 Å². The van der Waals surface area contributed by atoms with Gasteiger partial charge in [0.25, 0.3) is 0 Å². The number of hydrogen-bond acceptors (Lipinski definition) is 7. The summed E-state index contributed by atoms with van der Waals surface area (Å²) >= 11 is 0. The average molecular weight is 449 g/mol. The maximum Gasteiger partial charge on any atom is 0.211 e. The van der Waals surface area contributed by atoms with Gasteiger partial charge in [-0.2, -0.15) is 29.7 Å². The van der Waals surface area contributed by atoms with Gasteiger partial charge in [0.2, 0.25) is 10.0 Å². The summed E-state index contributed by atoms with van der Waals surface area (Å²) in [6.45, 7) is 0.343. The highest BCUT2D eigenvalue weighted by Gasteiger charge is 2.50. The number of aryl methyl sites for hydroxylation is 1. The lowest BCUT2D eigenvalue weighted by molar-refractivity contribution is 0.0579. The van der Waals surface area contributed by atoms with Crippen molar-refractivity contribution in [2.24, 2.45) is 7.05 Å². The molecule has 4 heterocycles. The van der Waals surface area contributed by atoms with Crippen LogP contribution in [0.4, 0.5) is 0 Å². The second-order valence-electron chi connectivity index (χ2n) is 8.04. The van der Waals surface area contributed by atoms with E-state index in [1.54, 1.807) is 23.3 Å². The van der Waals surface area contributed by atoms with Gasteiger partial charge in [-0.1, -0.05) is 6.07 Å². The number of nitriles is 1. The molecule has 162 valence electrons. The maximum absolute atomic E-state index is 11.9. The molecule has 0 bridgehead atoms. The van der Waals surface area contributed by atoms with Crippen molar-refractivity contribution >= 4 is 20.9 Å². The first-order valence-corrected chi connectivity index (χ1v) is 11.8. The molecule has 3 aromatic heterocycles. The highest BCUT2D eigenvalue weighted by atomic mass is 32.2. The molecule has 1 saturated heterocycles. The monoisotopic (exact) mass is 448 g/mol. The molecule has 0 atom stereocenters. The lowest BCUT2D eigenvalue weighted by atomic mass is 9.90. The van der Waals surface area contributed by atoms with E-state index in [0.29, 0.717) is 5.69 Å². The molecule has 0 aliphatic carbocycles. The van der Waals surface area contributed by atoms with Crippen molar-refractivity contribution in [2.75, 3.05) is 19.3 Å². The number of benzene rings is 1. The van der Waals surface area contributed by atoms with Gasteiger partial charge >= 0.3 is 0 Å². The Kier molecular flexibility index (Phi) is 4.58. The third-order valence-electron chi connectivity index (χ3n) is 5.85. The molecule has 32 heavy (non-hydrogen) atoms. The van der Waals surface area contributed by atoms with Crippen LogP contribution in [0.2, 0.25) is 0 Å². The van der Waals surface area contributed by atoms with Crippen LogP contribution in [-0.4, -0.2) is 61.8 Å². The summed E-state index contributed by atoms with van der Waals surface area (Å²) in [6, 6.07) is 12.0. The molecule has 0 radical (unpaired) electrons. The van der Waals surface area contributed by atoms with Crippen molar-refractivity contribution in [2.45, 2.75) is 12.0 Å². The van der Waals surface area contributed by atoms with E-state index in [2.05, 4.69) is 26.3 Å². The molecular formula is C21H20N8O2S. The van der Waals surface area contributed by atoms with Crippen LogP contribution in [0, 0.1) is 11.3 Å². The third kappa shape index (κ3) is 3.24. The average Bonchev–Trinajstić information content (AvgIpc) is 3.38. The minimum atomic E-state index is -3.33. The zero-order valence-electron chi connectivity index (χ0n) is 17.5. The summed E-state index contributed by atoms with van der Waals surface area (Å²) in [7, 11) is -1.46. The fourth-order valence-electron chi connectivity index (χ4n) is 4.12. The molecule has 0 unspecified atom stereocenters. The predicted molar refractivity (Wildman–Crippen MR) is 118 cm³/mol. The molecule has 0 spiro atoms. The van der Waals surface area contributed by atoms with Crippen LogP contribution in [-0.2, 0) is 22.6 Å². The normalized spacial score (nSPS) is 16.0. The molecule has 4 aromatic rings. The van der Waals surface area contributed by atoms with Gasteiger partial charge in [0.15, 0.2) is 0 Å². The summed E-state index contributed by atoms with van der Waals surface area (Å²) in [4.78, 5) is 6.01. The minimum absolute atomic E-state index is 0.116. The molecule has 0 amide bonds. The molecule has 1 fully saturated rings. The molecule has 1 aliphatic rings. The third-order valence-corrected chi connectivity index (χ3v) is 7.04. The van der Waals surface area contributed by atoms with Gasteiger partial charge in [-0.05, 0) is 24.3 Å². The van der Waals surface area contributed by atoms with E-state index in [-0.39, 0.29) is 19.5 Å². The Morgan fingerprint density at radius 1 is 1.19 bits per heavy atom. The summed E-state index contributed by atoms with van der Waals surface area (Å²) in [5, 5.41) is 23.6. The topological polar surface area (TPSA) is 123 Å². The van der Waals surface area contributed by atoms with Crippen molar-refractivity contribution in [1.29, 1.82) is 5.26 Å². The second kappa shape index (κ2) is 7.22. The van der Waals surface area contributed by atoms with Crippen LogP contribution in [0.15, 0.2) is 48.9 Å². The summed E-state index contributed by atoms with van der Waals surface area (Å²) < 4.78 is 26.9. The summed E-state index contributed by atoms with van der Waals surface area (Å²) in [5.74, 6) is 0.